The zero-order valence-electron chi connectivity index (χ0n) is 18.4. The number of rotatable bonds is 7. The van der Waals surface area contributed by atoms with E-state index in [4.69, 9.17) is 9.47 Å². The van der Waals surface area contributed by atoms with Gasteiger partial charge in [-0.25, -0.2) is 0 Å². The van der Waals surface area contributed by atoms with Crippen LogP contribution in [0.4, 0.5) is 0 Å². The largest absolute Gasteiger partial charge is 0.616 e. The van der Waals surface area contributed by atoms with Crippen LogP contribution in [0.2, 0.25) is 0 Å². The molecule has 1 aromatic rings. The SMILES string of the molecule is CCN(C)C/C=C\c1ccccc1S(=O)(=O)N=C1C=CC2=C(OCC3CC23)C1=C([O-])OC. The molecule has 4 rings (SSSR count). The van der Waals surface area contributed by atoms with E-state index in [0.717, 1.165) is 18.5 Å². The number of allylic oxidation sites excluding steroid dienone is 4. The van der Waals surface area contributed by atoms with Gasteiger partial charge < -0.3 is 19.5 Å². The number of hydrogen-bond donors (Lipinski definition) is 0. The molecule has 8 heteroatoms. The molecule has 1 aromatic carbocycles. The van der Waals surface area contributed by atoms with E-state index in [2.05, 4.69) is 16.2 Å². The fourth-order valence-electron chi connectivity index (χ4n) is 3.93. The van der Waals surface area contributed by atoms with Gasteiger partial charge in [0.05, 0.1) is 28.7 Å². The van der Waals surface area contributed by atoms with Crippen molar-refractivity contribution in [3.05, 3.63) is 70.9 Å². The number of fused-ring (bicyclic) bond motifs is 2. The zero-order chi connectivity index (χ0) is 22.9. The van der Waals surface area contributed by atoms with E-state index in [9.17, 15) is 13.5 Å². The lowest BCUT2D eigenvalue weighted by Gasteiger charge is -2.27. The second kappa shape index (κ2) is 8.96. The summed E-state index contributed by atoms with van der Waals surface area (Å²) in [5.74, 6) is 0.540. The summed E-state index contributed by atoms with van der Waals surface area (Å²) in [5, 5.41) is 12.6. The quantitative estimate of drug-likeness (QED) is 0.587. The molecule has 0 spiro atoms. The first-order chi connectivity index (χ1) is 15.4. The molecular formula is C24H27N2O5S-. The van der Waals surface area contributed by atoms with Crippen molar-refractivity contribution < 1.29 is 23.0 Å². The molecule has 3 aliphatic rings. The Morgan fingerprint density at radius 3 is 2.88 bits per heavy atom. The van der Waals surface area contributed by atoms with Crippen molar-refractivity contribution in [3.63, 3.8) is 0 Å². The Morgan fingerprint density at radius 1 is 1.34 bits per heavy atom. The smallest absolute Gasteiger partial charge is 0.283 e. The second-order valence-electron chi connectivity index (χ2n) is 8.14. The molecule has 2 atom stereocenters. The van der Waals surface area contributed by atoms with Gasteiger partial charge in [0.1, 0.15) is 5.76 Å². The van der Waals surface area contributed by atoms with Crippen molar-refractivity contribution in [2.45, 2.75) is 18.2 Å². The molecule has 0 amide bonds. The summed E-state index contributed by atoms with van der Waals surface area (Å²) in [4.78, 5) is 2.17. The second-order valence-corrected chi connectivity index (χ2v) is 9.72. The maximum absolute atomic E-state index is 13.3. The Bertz CT molecular complexity index is 1160. The van der Waals surface area contributed by atoms with Gasteiger partial charge in [0.25, 0.3) is 10.0 Å². The first-order valence-electron chi connectivity index (χ1n) is 10.7. The number of methoxy groups -OCH3 is 1. The highest BCUT2D eigenvalue weighted by atomic mass is 32.2. The zero-order valence-corrected chi connectivity index (χ0v) is 19.3. The highest BCUT2D eigenvalue weighted by Gasteiger charge is 2.46. The van der Waals surface area contributed by atoms with E-state index in [1.165, 1.54) is 13.2 Å². The van der Waals surface area contributed by atoms with Gasteiger partial charge in [-0.3, -0.25) is 0 Å². The summed E-state index contributed by atoms with van der Waals surface area (Å²) in [6.07, 6.45) is 8.08. The van der Waals surface area contributed by atoms with E-state index in [-0.39, 0.29) is 16.2 Å². The predicted octanol–water partition coefficient (Wildman–Crippen LogP) is 2.49. The monoisotopic (exact) mass is 455 g/mol. The number of sulfonamides is 1. The van der Waals surface area contributed by atoms with Crippen molar-refractivity contribution >= 4 is 21.8 Å². The van der Waals surface area contributed by atoms with Crippen LogP contribution in [0.5, 0.6) is 0 Å². The Morgan fingerprint density at radius 2 is 2.12 bits per heavy atom. The van der Waals surface area contributed by atoms with E-state index in [0.29, 0.717) is 36.3 Å². The minimum atomic E-state index is -4.10. The number of likely N-dealkylation sites (N-methyl/N-ethyl adjacent to an activating group) is 1. The van der Waals surface area contributed by atoms with Crippen LogP contribution < -0.4 is 5.11 Å². The third kappa shape index (κ3) is 4.38. The third-order valence-corrected chi connectivity index (χ3v) is 7.35. The van der Waals surface area contributed by atoms with Crippen LogP contribution in [-0.2, 0) is 19.5 Å². The van der Waals surface area contributed by atoms with Crippen LogP contribution in [0.1, 0.15) is 18.9 Å². The van der Waals surface area contributed by atoms with Gasteiger partial charge in [-0.15, -0.1) is 0 Å². The lowest BCUT2D eigenvalue weighted by atomic mass is 9.93. The van der Waals surface area contributed by atoms with Crippen LogP contribution in [0.25, 0.3) is 6.08 Å². The number of nitrogens with zero attached hydrogens (tertiary/aromatic N) is 2. The van der Waals surface area contributed by atoms with Crippen molar-refractivity contribution in [1.82, 2.24) is 4.90 Å². The maximum Gasteiger partial charge on any atom is 0.283 e. The molecule has 32 heavy (non-hydrogen) atoms. The van der Waals surface area contributed by atoms with Gasteiger partial charge in [0, 0.05) is 12.5 Å². The molecule has 1 aliphatic heterocycles. The maximum atomic E-state index is 13.3. The molecular weight excluding hydrogens is 428 g/mol. The lowest BCUT2D eigenvalue weighted by molar-refractivity contribution is -0.354. The highest BCUT2D eigenvalue weighted by molar-refractivity contribution is 7.90. The molecule has 0 bridgehead atoms. The summed E-state index contributed by atoms with van der Waals surface area (Å²) >= 11 is 0. The normalized spacial score (nSPS) is 25.1. The number of benzene rings is 1. The number of hydrogen-bond acceptors (Lipinski definition) is 6. The van der Waals surface area contributed by atoms with Gasteiger partial charge in [0.2, 0.25) is 0 Å². The number of ether oxygens (including phenoxy) is 2. The highest BCUT2D eigenvalue weighted by Crippen LogP contribution is 2.51. The average molecular weight is 456 g/mol. The molecule has 7 nitrogen and oxygen atoms in total. The summed E-state index contributed by atoms with van der Waals surface area (Å²) in [7, 11) is -0.852. The first-order valence-corrected chi connectivity index (χ1v) is 12.1. The Balaban J connectivity index is 1.72. The average Bonchev–Trinajstić information content (AvgIpc) is 3.58. The summed E-state index contributed by atoms with van der Waals surface area (Å²) in [6.45, 7) is 4.14. The van der Waals surface area contributed by atoms with E-state index < -0.39 is 16.0 Å². The predicted molar refractivity (Wildman–Crippen MR) is 121 cm³/mol. The Hall–Kier alpha value is -2.84. The molecule has 0 radical (unpaired) electrons. The van der Waals surface area contributed by atoms with Crippen LogP contribution in [0, 0.1) is 11.8 Å². The molecule has 1 saturated carbocycles. The third-order valence-electron chi connectivity index (χ3n) is 5.99. The molecule has 1 heterocycles. The molecule has 0 N–H and O–H groups in total. The first kappa shape index (κ1) is 22.4. The Labute approximate surface area is 189 Å². The van der Waals surface area contributed by atoms with E-state index in [1.807, 2.05) is 19.2 Å². The van der Waals surface area contributed by atoms with Crippen molar-refractivity contribution in [1.29, 1.82) is 0 Å². The molecule has 2 unspecified atom stereocenters. The van der Waals surface area contributed by atoms with Crippen molar-refractivity contribution in [2.75, 3.05) is 33.9 Å². The lowest BCUT2D eigenvalue weighted by Crippen LogP contribution is -2.24. The van der Waals surface area contributed by atoms with E-state index in [1.54, 1.807) is 30.4 Å². The fraction of sp³-hybridized carbons (Fsp3) is 0.375. The molecule has 1 fully saturated rings. The minimum Gasteiger partial charge on any atom is -0.616 e. The molecule has 2 aliphatic carbocycles. The van der Waals surface area contributed by atoms with Gasteiger partial charge >= 0.3 is 0 Å². The fourth-order valence-corrected chi connectivity index (χ4v) is 5.13. The molecule has 0 saturated heterocycles. The van der Waals surface area contributed by atoms with Crippen molar-refractivity contribution in [3.8, 4) is 0 Å². The minimum absolute atomic E-state index is 0.0270. The van der Waals surface area contributed by atoms with Gasteiger partial charge in [-0.2, -0.15) is 12.8 Å². The summed E-state index contributed by atoms with van der Waals surface area (Å²) in [5.41, 5.74) is 1.55. The van der Waals surface area contributed by atoms with Crippen LogP contribution >= 0.6 is 0 Å². The van der Waals surface area contributed by atoms with Crippen LogP contribution in [0.15, 0.2) is 74.6 Å². The summed E-state index contributed by atoms with van der Waals surface area (Å²) in [6, 6.07) is 6.68. The van der Waals surface area contributed by atoms with Crippen molar-refractivity contribution in [2.24, 2.45) is 16.2 Å². The topological polar surface area (TPSA) is 91.3 Å². The van der Waals surface area contributed by atoms with Gasteiger partial charge in [0.15, 0.2) is 0 Å². The molecule has 170 valence electrons. The standard InChI is InChI=1S/C24H28N2O5S/c1-4-26(2)13-7-9-16-8-5-6-10-21(16)32(28,29)25-20-12-11-18-19-14-17(19)15-31-23(18)22(20)24(27)30-3/h5-12,17,19,27H,4,13-15H2,1-3H3/p-1/b9-7-,24-22?,25-20?. The van der Waals surface area contributed by atoms with Crippen LogP contribution in [0.3, 0.4) is 0 Å². The van der Waals surface area contributed by atoms with Gasteiger partial charge in [-0.1, -0.05) is 43.4 Å². The summed E-state index contributed by atoms with van der Waals surface area (Å²) < 4.78 is 41.4. The van der Waals surface area contributed by atoms with Gasteiger partial charge in [-0.05, 0) is 56.3 Å². The molecule has 0 aromatic heterocycles. The Kier molecular flexibility index (Phi) is 6.26. The van der Waals surface area contributed by atoms with Crippen LogP contribution in [-0.4, -0.2) is 52.9 Å². The van der Waals surface area contributed by atoms with E-state index >= 15 is 0 Å².